The number of benzene rings is 1. The zero-order chi connectivity index (χ0) is 19.5. The van der Waals surface area contributed by atoms with Crippen LogP contribution in [-0.2, 0) is 14.8 Å². The number of aryl methyl sites for hydroxylation is 1. The Labute approximate surface area is 156 Å². The van der Waals surface area contributed by atoms with Gasteiger partial charge in [-0.05, 0) is 49.7 Å². The molecule has 0 radical (unpaired) electrons. The first-order valence-electron chi connectivity index (χ1n) is 8.87. The Morgan fingerprint density at radius 1 is 1.31 bits per heavy atom. The Bertz CT molecular complexity index is 783. The van der Waals surface area contributed by atoms with Crippen molar-refractivity contribution in [3.8, 4) is 0 Å². The molecule has 0 aromatic heterocycles. The molecule has 1 aromatic carbocycles. The molecule has 1 aromatic rings. The molecule has 2 rings (SSSR count). The molecule has 1 N–H and O–H groups in total. The fourth-order valence-electron chi connectivity index (χ4n) is 3.55. The van der Waals surface area contributed by atoms with Gasteiger partial charge in [0.25, 0.3) is 5.91 Å². The average Bonchev–Trinajstić information content (AvgIpc) is 2.51. The molecule has 6 nitrogen and oxygen atoms in total. The van der Waals surface area contributed by atoms with Crippen LogP contribution >= 0.6 is 0 Å². The van der Waals surface area contributed by atoms with Gasteiger partial charge >= 0.3 is 0 Å². The molecule has 1 atom stereocenters. The van der Waals surface area contributed by atoms with Crippen LogP contribution in [0.3, 0.4) is 0 Å². The number of hydrogen-bond donors (Lipinski definition) is 1. The molecule has 0 bridgehead atoms. The predicted octanol–water partition coefficient (Wildman–Crippen LogP) is 2.93. The summed E-state index contributed by atoms with van der Waals surface area (Å²) >= 11 is 0. The van der Waals surface area contributed by atoms with Crippen LogP contribution in [0.5, 0.6) is 0 Å². The van der Waals surface area contributed by atoms with Crippen molar-refractivity contribution in [1.29, 1.82) is 0 Å². The second-order valence-corrected chi connectivity index (χ2v) is 10.2. The van der Waals surface area contributed by atoms with E-state index in [0.717, 1.165) is 34.8 Å². The number of carbonyl (C=O) groups excluding carboxylic acids is 1. The minimum Gasteiger partial charge on any atom is -0.272 e. The minimum absolute atomic E-state index is 0.173. The van der Waals surface area contributed by atoms with Gasteiger partial charge in [0.2, 0.25) is 10.0 Å². The van der Waals surface area contributed by atoms with Crippen molar-refractivity contribution in [3.63, 3.8) is 0 Å². The standard InChI is InChI=1S/C19H29N3O3S/c1-14-6-8-17(9-7-14)26(24,25)22(5)13-18(23)21-20-16-10-15(2)11-19(3,4)12-16/h6-9,15H,10-13H2,1-5H3,(H,21,23)/b20-16-/t15-/m0/s1. The first-order chi connectivity index (χ1) is 12.0. The Morgan fingerprint density at radius 3 is 2.50 bits per heavy atom. The number of nitrogens with one attached hydrogen (secondary N) is 1. The molecule has 1 amide bonds. The second kappa shape index (κ2) is 7.88. The molecule has 0 aliphatic heterocycles. The summed E-state index contributed by atoms with van der Waals surface area (Å²) in [7, 11) is -2.30. The SMILES string of the molecule is Cc1ccc(S(=O)(=O)N(C)CC(=O)N/N=C2/C[C@H](C)CC(C)(C)C2)cc1. The van der Waals surface area contributed by atoms with E-state index in [1.54, 1.807) is 24.3 Å². The Hall–Kier alpha value is -1.73. The van der Waals surface area contributed by atoms with Crippen molar-refractivity contribution >= 4 is 21.6 Å². The summed E-state index contributed by atoms with van der Waals surface area (Å²) < 4.78 is 26.1. The topological polar surface area (TPSA) is 78.8 Å². The summed E-state index contributed by atoms with van der Waals surface area (Å²) in [5.74, 6) is 0.0886. The van der Waals surface area contributed by atoms with Gasteiger partial charge in [-0.2, -0.15) is 9.41 Å². The third-order valence-corrected chi connectivity index (χ3v) is 6.42. The van der Waals surface area contributed by atoms with Gasteiger partial charge < -0.3 is 0 Å². The maximum Gasteiger partial charge on any atom is 0.255 e. The highest BCUT2D eigenvalue weighted by molar-refractivity contribution is 7.89. The van der Waals surface area contributed by atoms with E-state index in [1.165, 1.54) is 7.05 Å². The van der Waals surface area contributed by atoms with E-state index in [2.05, 4.69) is 31.3 Å². The molecule has 0 spiro atoms. The summed E-state index contributed by atoms with van der Waals surface area (Å²) in [6.45, 7) is 8.19. The van der Waals surface area contributed by atoms with Crippen LogP contribution in [0.25, 0.3) is 0 Å². The van der Waals surface area contributed by atoms with Gasteiger partial charge in [-0.3, -0.25) is 4.79 Å². The van der Waals surface area contributed by atoms with Crippen LogP contribution in [-0.4, -0.2) is 37.9 Å². The number of amides is 1. The van der Waals surface area contributed by atoms with Crippen molar-refractivity contribution in [2.75, 3.05) is 13.6 Å². The lowest BCUT2D eigenvalue weighted by Gasteiger charge is -2.34. The molecule has 1 fully saturated rings. The number of sulfonamides is 1. The predicted molar refractivity (Wildman–Crippen MR) is 103 cm³/mol. The van der Waals surface area contributed by atoms with E-state index >= 15 is 0 Å². The summed E-state index contributed by atoms with van der Waals surface area (Å²) in [6.07, 6.45) is 2.84. The number of likely N-dealkylation sites (N-methyl/N-ethyl adjacent to an activating group) is 1. The van der Waals surface area contributed by atoms with E-state index in [1.807, 2.05) is 6.92 Å². The van der Waals surface area contributed by atoms with Gasteiger partial charge in [-0.25, -0.2) is 13.8 Å². The number of hydrazone groups is 1. The summed E-state index contributed by atoms with van der Waals surface area (Å²) in [4.78, 5) is 12.3. The lowest BCUT2D eigenvalue weighted by atomic mass is 9.72. The summed E-state index contributed by atoms with van der Waals surface area (Å²) in [6, 6.07) is 6.56. The van der Waals surface area contributed by atoms with Gasteiger partial charge in [-0.1, -0.05) is 38.5 Å². The number of rotatable bonds is 5. The minimum atomic E-state index is -3.70. The van der Waals surface area contributed by atoms with Crippen molar-refractivity contribution in [2.45, 2.75) is 51.9 Å². The van der Waals surface area contributed by atoms with Gasteiger partial charge in [0.15, 0.2) is 0 Å². The molecule has 144 valence electrons. The van der Waals surface area contributed by atoms with Crippen LogP contribution in [0.15, 0.2) is 34.3 Å². The fraction of sp³-hybridized carbons (Fsp3) is 0.579. The fourth-order valence-corrected chi connectivity index (χ4v) is 4.68. The highest BCUT2D eigenvalue weighted by Gasteiger charge is 2.29. The molecule has 1 aliphatic rings. The normalized spacial score (nSPS) is 21.8. The molecule has 1 aliphatic carbocycles. The maximum atomic E-state index is 12.5. The molecular formula is C19H29N3O3S. The summed E-state index contributed by atoms with van der Waals surface area (Å²) in [5.41, 5.74) is 4.63. The number of nitrogens with zero attached hydrogens (tertiary/aromatic N) is 2. The zero-order valence-corrected chi connectivity index (χ0v) is 17.1. The first kappa shape index (κ1) is 20.6. The van der Waals surface area contributed by atoms with Gasteiger partial charge in [-0.15, -0.1) is 0 Å². The van der Waals surface area contributed by atoms with Gasteiger partial charge in [0, 0.05) is 12.8 Å². The quantitative estimate of drug-likeness (QED) is 0.799. The van der Waals surface area contributed by atoms with Gasteiger partial charge in [0.1, 0.15) is 0 Å². The largest absolute Gasteiger partial charge is 0.272 e. The van der Waals surface area contributed by atoms with E-state index in [-0.39, 0.29) is 16.9 Å². The number of carbonyl (C=O) groups is 1. The third-order valence-electron chi connectivity index (χ3n) is 4.60. The molecule has 7 heteroatoms. The van der Waals surface area contributed by atoms with E-state index in [4.69, 9.17) is 0 Å². The molecule has 26 heavy (non-hydrogen) atoms. The Balaban J connectivity index is 1.98. The third kappa shape index (κ3) is 5.38. The highest BCUT2D eigenvalue weighted by atomic mass is 32.2. The molecule has 0 heterocycles. The highest BCUT2D eigenvalue weighted by Crippen LogP contribution is 2.36. The van der Waals surface area contributed by atoms with Gasteiger partial charge in [0.05, 0.1) is 11.4 Å². The van der Waals surface area contributed by atoms with E-state index in [0.29, 0.717) is 5.92 Å². The zero-order valence-electron chi connectivity index (χ0n) is 16.2. The summed E-state index contributed by atoms with van der Waals surface area (Å²) in [5, 5.41) is 4.24. The van der Waals surface area contributed by atoms with Crippen molar-refractivity contribution in [2.24, 2.45) is 16.4 Å². The van der Waals surface area contributed by atoms with Crippen molar-refractivity contribution in [1.82, 2.24) is 9.73 Å². The molecule has 0 unspecified atom stereocenters. The van der Waals surface area contributed by atoms with Crippen LogP contribution in [0.4, 0.5) is 0 Å². The smallest absolute Gasteiger partial charge is 0.255 e. The van der Waals surface area contributed by atoms with Crippen LogP contribution in [0, 0.1) is 18.3 Å². The maximum absolute atomic E-state index is 12.5. The van der Waals surface area contributed by atoms with E-state index in [9.17, 15) is 13.2 Å². The monoisotopic (exact) mass is 379 g/mol. The van der Waals surface area contributed by atoms with Crippen molar-refractivity contribution < 1.29 is 13.2 Å². The van der Waals surface area contributed by atoms with Crippen molar-refractivity contribution in [3.05, 3.63) is 29.8 Å². The lowest BCUT2D eigenvalue weighted by molar-refractivity contribution is -0.121. The van der Waals surface area contributed by atoms with Crippen LogP contribution in [0.1, 0.15) is 45.6 Å². The number of hydrogen-bond acceptors (Lipinski definition) is 4. The molecule has 0 saturated heterocycles. The molecular weight excluding hydrogens is 350 g/mol. The first-order valence-corrected chi connectivity index (χ1v) is 10.3. The van der Waals surface area contributed by atoms with E-state index < -0.39 is 15.9 Å². The molecule has 1 saturated carbocycles. The van der Waals surface area contributed by atoms with Crippen LogP contribution < -0.4 is 5.43 Å². The Kier molecular flexibility index (Phi) is 6.24. The second-order valence-electron chi connectivity index (χ2n) is 8.14. The lowest BCUT2D eigenvalue weighted by Crippen LogP contribution is -2.37. The average molecular weight is 380 g/mol. The Morgan fingerprint density at radius 2 is 1.92 bits per heavy atom. The van der Waals surface area contributed by atoms with Crippen LogP contribution in [0.2, 0.25) is 0 Å².